The Bertz CT molecular complexity index is 1240. The maximum Gasteiger partial charge on any atom is 0.197 e. The standard InChI is InChI=1S/C23H18N4O3S/c1-15(28)14-31-23-25-22(26-27-23)21-10-9-20(30-21)18-3-2-4-19(11-18)29-13-17-7-5-16(12-24)6-8-17/h2-11H,13-14H2,1H3,(H,25,26,27). The van der Waals surface area contributed by atoms with E-state index in [4.69, 9.17) is 14.4 Å². The molecule has 2 aromatic heterocycles. The van der Waals surface area contributed by atoms with Gasteiger partial charge in [-0.15, -0.1) is 10.2 Å². The topological polar surface area (TPSA) is 105 Å². The predicted octanol–water partition coefficient (Wildman–Crippen LogP) is 4.86. The van der Waals surface area contributed by atoms with Crippen LogP contribution in [0.25, 0.3) is 22.9 Å². The minimum absolute atomic E-state index is 0.0736. The molecule has 8 heteroatoms. The van der Waals surface area contributed by atoms with Crippen LogP contribution in [0.1, 0.15) is 18.1 Å². The van der Waals surface area contributed by atoms with E-state index >= 15 is 0 Å². The summed E-state index contributed by atoms with van der Waals surface area (Å²) in [5.41, 5.74) is 2.47. The van der Waals surface area contributed by atoms with Crippen molar-refractivity contribution in [2.45, 2.75) is 18.7 Å². The summed E-state index contributed by atoms with van der Waals surface area (Å²) in [4.78, 5) is 14.2. The van der Waals surface area contributed by atoms with Crippen LogP contribution in [0.15, 0.2) is 70.2 Å². The lowest BCUT2D eigenvalue weighted by Crippen LogP contribution is -1.95. The van der Waals surface area contributed by atoms with E-state index in [2.05, 4.69) is 21.3 Å². The SMILES string of the molecule is CC(=O)CSc1nnc(-c2ccc(-c3cccc(OCc4ccc(C#N)cc4)c3)o2)[nH]1. The lowest BCUT2D eigenvalue weighted by atomic mass is 10.1. The molecule has 0 bridgehead atoms. The van der Waals surface area contributed by atoms with E-state index < -0.39 is 0 Å². The quantitative estimate of drug-likeness (QED) is 0.398. The molecule has 7 nitrogen and oxygen atoms in total. The molecule has 154 valence electrons. The summed E-state index contributed by atoms with van der Waals surface area (Å²) in [6.45, 7) is 1.93. The second-order valence-electron chi connectivity index (χ2n) is 6.76. The molecule has 0 radical (unpaired) electrons. The number of furan rings is 1. The Morgan fingerprint density at radius 3 is 2.71 bits per heavy atom. The monoisotopic (exact) mass is 430 g/mol. The molecular weight excluding hydrogens is 412 g/mol. The van der Waals surface area contributed by atoms with Gasteiger partial charge in [-0.25, -0.2) is 0 Å². The Kier molecular flexibility index (Phi) is 6.15. The lowest BCUT2D eigenvalue weighted by molar-refractivity contribution is -0.114. The van der Waals surface area contributed by atoms with Gasteiger partial charge in [-0.3, -0.25) is 4.79 Å². The highest BCUT2D eigenvalue weighted by atomic mass is 32.2. The maximum atomic E-state index is 11.1. The Labute approximate surface area is 183 Å². The Hall–Kier alpha value is -3.83. The zero-order valence-electron chi connectivity index (χ0n) is 16.7. The van der Waals surface area contributed by atoms with E-state index in [1.165, 1.54) is 18.7 Å². The number of hydrogen-bond donors (Lipinski definition) is 1. The van der Waals surface area contributed by atoms with Gasteiger partial charge < -0.3 is 14.1 Å². The van der Waals surface area contributed by atoms with Gasteiger partial charge in [0.05, 0.1) is 17.4 Å². The van der Waals surface area contributed by atoms with E-state index in [1.807, 2.05) is 48.5 Å². The molecule has 0 unspecified atom stereocenters. The number of nitriles is 1. The molecule has 0 aliphatic heterocycles. The van der Waals surface area contributed by atoms with E-state index in [9.17, 15) is 4.79 Å². The summed E-state index contributed by atoms with van der Waals surface area (Å²) in [6, 6.07) is 20.7. The first kappa shape index (κ1) is 20.4. The van der Waals surface area contributed by atoms with Crippen molar-refractivity contribution in [2.75, 3.05) is 5.75 Å². The first-order chi connectivity index (χ1) is 15.1. The van der Waals surface area contributed by atoms with Crippen molar-refractivity contribution in [1.29, 1.82) is 5.26 Å². The van der Waals surface area contributed by atoms with E-state index in [0.29, 0.717) is 46.2 Å². The lowest BCUT2D eigenvalue weighted by Gasteiger charge is -2.07. The van der Waals surface area contributed by atoms with Crippen LogP contribution in [0.2, 0.25) is 0 Å². The number of benzene rings is 2. The van der Waals surface area contributed by atoms with Crippen molar-refractivity contribution in [3.8, 4) is 34.7 Å². The minimum atomic E-state index is 0.0736. The van der Waals surface area contributed by atoms with Crippen LogP contribution in [0, 0.1) is 11.3 Å². The molecule has 1 N–H and O–H groups in total. The number of ketones is 1. The molecular formula is C23H18N4O3S. The number of rotatable bonds is 8. The Morgan fingerprint density at radius 1 is 1.13 bits per heavy atom. The van der Waals surface area contributed by atoms with Gasteiger partial charge in [0.1, 0.15) is 23.9 Å². The molecule has 2 heterocycles. The smallest absolute Gasteiger partial charge is 0.197 e. The van der Waals surface area contributed by atoms with Crippen molar-refractivity contribution >= 4 is 17.5 Å². The van der Waals surface area contributed by atoms with Crippen LogP contribution in [0.4, 0.5) is 0 Å². The second-order valence-corrected chi connectivity index (χ2v) is 7.72. The number of H-pyrrole nitrogens is 1. The van der Waals surface area contributed by atoms with Crippen molar-refractivity contribution in [3.05, 3.63) is 71.8 Å². The molecule has 0 spiro atoms. The Morgan fingerprint density at radius 2 is 1.94 bits per heavy atom. The average molecular weight is 430 g/mol. The summed E-state index contributed by atoms with van der Waals surface area (Å²) >= 11 is 1.30. The number of nitrogens with zero attached hydrogens (tertiary/aromatic N) is 3. The highest BCUT2D eigenvalue weighted by molar-refractivity contribution is 7.99. The van der Waals surface area contributed by atoms with Crippen LogP contribution in [0.3, 0.4) is 0 Å². The third-order valence-corrected chi connectivity index (χ3v) is 5.33. The predicted molar refractivity (Wildman–Crippen MR) is 116 cm³/mol. The van der Waals surface area contributed by atoms with Crippen LogP contribution < -0.4 is 4.74 Å². The number of carbonyl (C=O) groups excluding carboxylic acids is 1. The van der Waals surface area contributed by atoms with Gasteiger partial charge in [-0.1, -0.05) is 36.0 Å². The molecule has 0 amide bonds. The van der Waals surface area contributed by atoms with Crippen LogP contribution in [0.5, 0.6) is 5.75 Å². The number of aromatic amines is 1. The molecule has 4 aromatic rings. The molecule has 0 aliphatic rings. The third-order valence-electron chi connectivity index (χ3n) is 4.32. The van der Waals surface area contributed by atoms with Crippen LogP contribution in [-0.4, -0.2) is 26.7 Å². The molecule has 0 aliphatic carbocycles. The number of thioether (sulfide) groups is 1. The summed E-state index contributed by atoms with van der Waals surface area (Å²) in [6.07, 6.45) is 0. The van der Waals surface area contributed by atoms with Gasteiger partial charge in [0, 0.05) is 5.56 Å². The number of ether oxygens (including phenoxy) is 1. The van der Waals surface area contributed by atoms with Gasteiger partial charge in [0.25, 0.3) is 0 Å². The second kappa shape index (κ2) is 9.32. The van der Waals surface area contributed by atoms with Gasteiger partial charge in [0.15, 0.2) is 16.7 Å². The molecule has 2 aromatic carbocycles. The summed E-state index contributed by atoms with van der Waals surface area (Å²) in [5, 5.41) is 17.6. The van der Waals surface area contributed by atoms with E-state index in [-0.39, 0.29) is 5.78 Å². The number of nitrogens with one attached hydrogen (secondary N) is 1. The molecule has 0 saturated carbocycles. The molecule has 0 saturated heterocycles. The zero-order valence-corrected chi connectivity index (χ0v) is 17.5. The third kappa shape index (κ3) is 5.21. The van der Waals surface area contributed by atoms with Gasteiger partial charge in [-0.2, -0.15) is 5.26 Å². The first-order valence-electron chi connectivity index (χ1n) is 9.48. The number of hydrogen-bond acceptors (Lipinski definition) is 7. The zero-order chi connectivity index (χ0) is 21.6. The Balaban J connectivity index is 1.44. The molecule has 0 fully saturated rings. The largest absolute Gasteiger partial charge is 0.489 e. The van der Waals surface area contributed by atoms with Gasteiger partial charge in [-0.05, 0) is 48.9 Å². The highest BCUT2D eigenvalue weighted by Gasteiger charge is 2.12. The highest BCUT2D eigenvalue weighted by Crippen LogP contribution is 2.30. The fraction of sp³-hybridized carbons (Fsp3) is 0.130. The van der Waals surface area contributed by atoms with Crippen molar-refractivity contribution in [1.82, 2.24) is 15.2 Å². The molecule has 0 atom stereocenters. The van der Waals surface area contributed by atoms with Gasteiger partial charge >= 0.3 is 0 Å². The summed E-state index contributed by atoms with van der Waals surface area (Å²) in [7, 11) is 0. The normalized spacial score (nSPS) is 10.6. The average Bonchev–Trinajstić information content (AvgIpc) is 3.46. The number of carbonyl (C=O) groups is 1. The number of aromatic nitrogens is 3. The summed E-state index contributed by atoms with van der Waals surface area (Å²) < 4.78 is 11.8. The van der Waals surface area contributed by atoms with Gasteiger partial charge in [0.2, 0.25) is 0 Å². The number of Topliss-reactive ketones (excluding diaryl/α,β-unsaturated/α-hetero) is 1. The van der Waals surface area contributed by atoms with E-state index in [1.54, 1.807) is 12.1 Å². The molecule has 31 heavy (non-hydrogen) atoms. The maximum absolute atomic E-state index is 11.1. The van der Waals surface area contributed by atoms with Crippen molar-refractivity contribution in [3.63, 3.8) is 0 Å². The summed E-state index contributed by atoms with van der Waals surface area (Å²) in [5.74, 6) is 2.86. The molecule has 4 rings (SSSR count). The van der Waals surface area contributed by atoms with Crippen molar-refractivity contribution in [2.24, 2.45) is 0 Å². The first-order valence-corrected chi connectivity index (χ1v) is 10.5. The van der Waals surface area contributed by atoms with Crippen molar-refractivity contribution < 1.29 is 13.9 Å². The minimum Gasteiger partial charge on any atom is -0.489 e. The fourth-order valence-electron chi connectivity index (χ4n) is 2.79. The van der Waals surface area contributed by atoms with E-state index in [0.717, 1.165) is 11.1 Å². The fourth-order valence-corrected chi connectivity index (χ4v) is 3.40. The van der Waals surface area contributed by atoms with Crippen LogP contribution in [-0.2, 0) is 11.4 Å². The van der Waals surface area contributed by atoms with Crippen LogP contribution >= 0.6 is 11.8 Å².